The van der Waals surface area contributed by atoms with Gasteiger partial charge < -0.3 is 25.0 Å². The molecule has 0 saturated carbocycles. The second-order valence-electron chi connectivity index (χ2n) is 9.13. The van der Waals surface area contributed by atoms with Crippen molar-refractivity contribution in [1.82, 2.24) is 15.4 Å². The molecule has 3 aromatic rings. The highest BCUT2D eigenvalue weighted by Gasteiger charge is 2.22. The summed E-state index contributed by atoms with van der Waals surface area (Å²) >= 11 is 1.11. The van der Waals surface area contributed by atoms with Crippen molar-refractivity contribution in [1.29, 1.82) is 0 Å². The van der Waals surface area contributed by atoms with E-state index >= 15 is 0 Å². The first kappa shape index (κ1) is 32.4. The first-order valence-electron chi connectivity index (χ1n) is 12.9. The van der Waals surface area contributed by atoms with E-state index in [1.54, 1.807) is 30.3 Å². The average molecular weight is 615 g/mol. The van der Waals surface area contributed by atoms with E-state index in [-0.39, 0.29) is 30.3 Å². The molecule has 13 heteroatoms. The van der Waals surface area contributed by atoms with Gasteiger partial charge in [0.1, 0.15) is 12.6 Å². The number of esters is 1. The minimum absolute atomic E-state index is 0.0156. The molecule has 0 spiro atoms. The summed E-state index contributed by atoms with van der Waals surface area (Å²) in [6.07, 6.45) is 0.468. The molecule has 3 aromatic carbocycles. The lowest BCUT2D eigenvalue weighted by atomic mass is 10.1. The number of sulfonamides is 1. The van der Waals surface area contributed by atoms with Crippen LogP contribution in [0.3, 0.4) is 0 Å². The van der Waals surface area contributed by atoms with E-state index in [0.29, 0.717) is 5.39 Å². The molecule has 0 heterocycles. The zero-order valence-electron chi connectivity index (χ0n) is 23.5. The Hall–Kier alpha value is -4.07. The third-order valence-corrected chi connectivity index (χ3v) is 8.29. The molecule has 0 radical (unpaired) electrons. The first-order valence-corrected chi connectivity index (χ1v) is 15.5. The summed E-state index contributed by atoms with van der Waals surface area (Å²) in [5.41, 5.74) is 1.70. The van der Waals surface area contributed by atoms with Crippen LogP contribution in [0, 0.1) is 0 Å². The van der Waals surface area contributed by atoms with Gasteiger partial charge in [0, 0.05) is 55.5 Å². The van der Waals surface area contributed by atoms with Crippen LogP contribution in [0.2, 0.25) is 0 Å². The fourth-order valence-corrected chi connectivity index (χ4v) is 5.87. The molecule has 42 heavy (non-hydrogen) atoms. The summed E-state index contributed by atoms with van der Waals surface area (Å²) in [4.78, 5) is 38.4. The monoisotopic (exact) mass is 614 g/mol. The van der Waals surface area contributed by atoms with E-state index in [1.165, 1.54) is 18.6 Å². The van der Waals surface area contributed by atoms with Crippen LogP contribution in [-0.2, 0) is 35.7 Å². The van der Waals surface area contributed by atoms with Gasteiger partial charge in [0.2, 0.25) is 15.9 Å². The van der Waals surface area contributed by atoms with Gasteiger partial charge in [-0.3, -0.25) is 4.79 Å². The number of carbonyl (C=O) groups excluding carboxylic acids is 3. The van der Waals surface area contributed by atoms with Gasteiger partial charge in [-0.25, -0.2) is 22.7 Å². The van der Waals surface area contributed by atoms with Crippen molar-refractivity contribution in [3.63, 3.8) is 0 Å². The number of alkyl carbamates (subject to hydrolysis) is 1. The van der Waals surface area contributed by atoms with Gasteiger partial charge in [0.15, 0.2) is 0 Å². The molecule has 0 aliphatic rings. The molecule has 11 nitrogen and oxygen atoms in total. The maximum absolute atomic E-state index is 13.0. The predicted octanol–water partition coefficient (Wildman–Crippen LogP) is 3.02. The number of anilines is 1. The Morgan fingerprint density at radius 3 is 2.38 bits per heavy atom. The van der Waals surface area contributed by atoms with E-state index in [1.807, 2.05) is 55.4 Å². The summed E-state index contributed by atoms with van der Waals surface area (Å²) in [7, 11) is 1.16. The molecular weight excluding hydrogens is 580 g/mol. The van der Waals surface area contributed by atoms with Crippen molar-refractivity contribution < 1.29 is 32.3 Å². The van der Waals surface area contributed by atoms with Crippen molar-refractivity contribution in [3.8, 4) is 0 Å². The van der Waals surface area contributed by atoms with E-state index in [2.05, 4.69) is 15.4 Å². The maximum atomic E-state index is 13.0. The summed E-state index contributed by atoms with van der Waals surface area (Å²) in [6.45, 7) is 0.0852. The molecule has 0 unspecified atom stereocenters. The molecule has 0 aliphatic heterocycles. The highest BCUT2D eigenvalue weighted by molar-refractivity contribution is 8.02. The zero-order chi connectivity index (χ0) is 30.5. The van der Waals surface area contributed by atoms with Gasteiger partial charge in [-0.05, 0) is 23.1 Å². The lowest BCUT2D eigenvalue weighted by Crippen LogP contribution is -2.43. The summed E-state index contributed by atoms with van der Waals surface area (Å²) in [6, 6.07) is 18.7. The van der Waals surface area contributed by atoms with Crippen molar-refractivity contribution in [2.75, 3.05) is 44.9 Å². The predicted molar refractivity (Wildman–Crippen MR) is 164 cm³/mol. The Bertz CT molecular complexity index is 1510. The number of benzene rings is 3. The lowest BCUT2D eigenvalue weighted by Gasteiger charge is -2.17. The number of methoxy groups -OCH3 is 1. The molecule has 0 fully saturated rings. The van der Waals surface area contributed by atoms with Crippen molar-refractivity contribution in [2.45, 2.75) is 17.5 Å². The smallest absolute Gasteiger partial charge is 0.408 e. The van der Waals surface area contributed by atoms with Crippen LogP contribution in [-0.4, -0.2) is 72.5 Å². The highest BCUT2D eigenvalue weighted by Crippen LogP contribution is 2.30. The molecule has 3 N–H and O–H groups in total. The Kier molecular flexibility index (Phi) is 12.2. The van der Waals surface area contributed by atoms with Crippen molar-refractivity contribution in [3.05, 3.63) is 83.8 Å². The molecule has 0 aliphatic carbocycles. The fraction of sp³-hybridized carbons (Fsp3) is 0.276. The van der Waals surface area contributed by atoms with Gasteiger partial charge in [0.25, 0.3) is 0 Å². The van der Waals surface area contributed by atoms with Crippen molar-refractivity contribution in [2.24, 2.45) is 0 Å². The molecule has 1 atom stereocenters. The molecule has 0 saturated heterocycles. The van der Waals surface area contributed by atoms with Gasteiger partial charge in [-0.2, -0.15) is 0 Å². The lowest BCUT2D eigenvalue weighted by molar-refractivity contribution is -0.142. The maximum Gasteiger partial charge on any atom is 0.408 e. The average Bonchev–Trinajstić information content (AvgIpc) is 2.99. The van der Waals surface area contributed by atoms with Crippen LogP contribution < -0.4 is 20.3 Å². The SMILES string of the molecule is COC(=O)[C@H](CS/C=C/C(=O)NCCNS(=O)(=O)c1cccc2c(N(C)C)cccc12)NC(=O)OCc1ccccc1. The largest absolute Gasteiger partial charge is 0.467 e. The van der Waals surface area contributed by atoms with Crippen molar-refractivity contribution >= 4 is 56.2 Å². The number of thioether (sulfide) groups is 1. The molecule has 3 rings (SSSR count). The first-order chi connectivity index (χ1) is 20.1. The normalized spacial score (nSPS) is 12.1. The molecule has 2 amide bonds. The zero-order valence-corrected chi connectivity index (χ0v) is 25.2. The van der Waals surface area contributed by atoms with Gasteiger partial charge in [-0.1, -0.05) is 54.6 Å². The Balaban J connectivity index is 1.44. The third-order valence-electron chi connectivity index (χ3n) is 5.92. The Labute approximate surface area is 249 Å². The second kappa shape index (κ2) is 15.8. The number of amides is 2. The Morgan fingerprint density at radius 2 is 1.67 bits per heavy atom. The standard InChI is InChI=1S/C29H34N4O7S2/c1-33(2)25-13-7-12-23-22(25)11-8-14-26(23)42(37,38)31-17-16-30-27(34)15-18-41-20-24(28(35)39-3)32-29(36)40-19-21-9-5-4-6-10-21/h4-15,18,24,31H,16-17,19-20H2,1-3H3,(H,30,34)(H,32,36)/b18-15+/t24-/m0/s1. The quantitative estimate of drug-likeness (QED) is 0.142. The van der Waals surface area contributed by atoms with E-state index in [0.717, 1.165) is 28.4 Å². The van der Waals surface area contributed by atoms with Gasteiger partial charge in [-0.15, -0.1) is 11.8 Å². The number of ether oxygens (including phenoxy) is 2. The molecule has 0 aromatic heterocycles. The van der Waals surface area contributed by atoms with E-state index in [9.17, 15) is 22.8 Å². The third kappa shape index (κ3) is 9.50. The summed E-state index contributed by atoms with van der Waals surface area (Å²) in [5.74, 6) is -1.02. The number of carbonyl (C=O) groups is 3. The van der Waals surface area contributed by atoms with Crippen LogP contribution in [0.1, 0.15) is 5.56 Å². The summed E-state index contributed by atoms with van der Waals surface area (Å²) in [5, 5.41) is 7.94. The minimum atomic E-state index is -3.83. The number of nitrogens with zero attached hydrogens (tertiary/aromatic N) is 1. The highest BCUT2D eigenvalue weighted by atomic mass is 32.2. The van der Waals surface area contributed by atoms with E-state index < -0.39 is 34.0 Å². The summed E-state index contributed by atoms with van der Waals surface area (Å²) < 4.78 is 38.4. The topological polar surface area (TPSA) is 143 Å². The number of hydrogen-bond acceptors (Lipinski definition) is 9. The number of fused-ring (bicyclic) bond motifs is 1. The number of nitrogens with one attached hydrogen (secondary N) is 3. The van der Waals surface area contributed by atoms with Crippen LogP contribution in [0.4, 0.5) is 10.5 Å². The molecule has 0 bridgehead atoms. The van der Waals surface area contributed by atoms with Crippen LogP contribution in [0.5, 0.6) is 0 Å². The van der Waals surface area contributed by atoms with Crippen LogP contribution in [0.25, 0.3) is 10.8 Å². The fourth-order valence-electron chi connectivity index (χ4n) is 3.88. The minimum Gasteiger partial charge on any atom is -0.467 e. The van der Waals surface area contributed by atoms with Gasteiger partial charge >= 0.3 is 12.1 Å². The van der Waals surface area contributed by atoms with Crippen LogP contribution >= 0.6 is 11.8 Å². The molecular formula is C29H34N4O7S2. The van der Waals surface area contributed by atoms with Crippen LogP contribution in [0.15, 0.2) is 83.1 Å². The Morgan fingerprint density at radius 1 is 0.952 bits per heavy atom. The second-order valence-corrected chi connectivity index (χ2v) is 11.8. The molecule has 224 valence electrons. The number of rotatable bonds is 14. The number of hydrogen-bond donors (Lipinski definition) is 3. The van der Waals surface area contributed by atoms with Gasteiger partial charge in [0.05, 0.1) is 12.0 Å². The van der Waals surface area contributed by atoms with E-state index in [4.69, 9.17) is 9.47 Å².